The number of nitrogens with one attached hydrogen (secondary N) is 2. The fourth-order valence-corrected chi connectivity index (χ4v) is 3.55. The standard InChI is InChI=1S/C20H22N6O3/c1-12-10-17(14-4-3-9-21-11-14)29-20(28)18(12)19(27)22-15-5-7-16(8-6-15)26-13(2)23-24-25-26/h5-8,10,14,21H,3-4,9,11H2,1-2H3,(H,22,27). The summed E-state index contributed by atoms with van der Waals surface area (Å²) in [6.45, 7) is 5.31. The number of carbonyl (C=O) groups excluding carboxylic acids is 1. The monoisotopic (exact) mass is 394 g/mol. The van der Waals surface area contributed by atoms with E-state index in [0.717, 1.165) is 31.6 Å². The van der Waals surface area contributed by atoms with E-state index in [-0.39, 0.29) is 11.5 Å². The lowest BCUT2D eigenvalue weighted by Crippen LogP contribution is -2.30. The molecule has 0 bridgehead atoms. The maximum absolute atomic E-state index is 12.7. The summed E-state index contributed by atoms with van der Waals surface area (Å²) >= 11 is 0. The van der Waals surface area contributed by atoms with Crippen molar-refractivity contribution < 1.29 is 9.21 Å². The lowest BCUT2D eigenvalue weighted by molar-refractivity contribution is 0.102. The summed E-state index contributed by atoms with van der Waals surface area (Å²) in [7, 11) is 0. The Balaban J connectivity index is 1.52. The maximum Gasteiger partial charge on any atom is 0.349 e. The molecular weight excluding hydrogens is 372 g/mol. The fourth-order valence-electron chi connectivity index (χ4n) is 3.55. The van der Waals surface area contributed by atoms with Gasteiger partial charge in [-0.1, -0.05) is 0 Å². The van der Waals surface area contributed by atoms with Crippen molar-refractivity contribution in [2.75, 3.05) is 18.4 Å². The molecule has 3 aromatic rings. The third-order valence-electron chi connectivity index (χ3n) is 5.09. The lowest BCUT2D eigenvalue weighted by atomic mass is 9.95. The second-order valence-corrected chi connectivity index (χ2v) is 7.18. The van der Waals surface area contributed by atoms with E-state index in [1.54, 1.807) is 48.9 Å². The minimum absolute atomic E-state index is 0.0258. The SMILES string of the molecule is Cc1cc(C2CCCNC2)oc(=O)c1C(=O)Nc1ccc(-n2nnnc2C)cc1. The predicted octanol–water partition coefficient (Wildman–Crippen LogP) is 1.95. The topological polar surface area (TPSA) is 115 Å². The van der Waals surface area contributed by atoms with Gasteiger partial charge in [-0.3, -0.25) is 4.79 Å². The molecule has 9 heteroatoms. The number of rotatable bonds is 4. The number of aromatic nitrogens is 4. The first kappa shape index (κ1) is 19.0. The van der Waals surface area contributed by atoms with Crippen molar-refractivity contribution in [3.05, 3.63) is 63.5 Å². The van der Waals surface area contributed by atoms with Gasteiger partial charge in [0.25, 0.3) is 5.91 Å². The average Bonchev–Trinajstić information content (AvgIpc) is 3.14. The molecule has 9 nitrogen and oxygen atoms in total. The molecule has 29 heavy (non-hydrogen) atoms. The molecule has 0 aliphatic carbocycles. The van der Waals surface area contributed by atoms with Gasteiger partial charge in [-0.05, 0) is 79.6 Å². The summed E-state index contributed by atoms with van der Waals surface area (Å²) in [5.74, 6) is 0.964. The number of nitrogens with zero attached hydrogens (tertiary/aromatic N) is 4. The summed E-state index contributed by atoms with van der Waals surface area (Å²) in [5, 5.41) is 17.4. The zero-order valence-electron chi connectivity index (χ0n) is 16.3. The Hall–Kier alpha value is -3.33. The molecule has 1 fully saturated rings. The number of piperidine rings is 1. The Morgan fingerprint density at radius 3 is 2.69 bits per heavy atom. The molecule has 3 heterocycles. The number of amides is 1. The Morgan fingerprint density at radius 1 is 1.28 bits per heavy atom. The summed E-state index contributed by atoms with van der Waals surface area (Å²) < 4.78 is 7.07. The minimum Gasteiger partial charge on any atom is -0.427 e. The van der Waals surface area contributed by atoms with Crippen LogP contribution in [0.2, 0.25) is 0 Å². The van der Waals surface area contributed by atoms with Gasteiger partial charge in [0.1, 0.15) is 11.3 Å². The third kappa shape index (κ3) is 3.95. The summed E-state index contributed by atoms with van der Waals surface area (Å²) in [4.78, 5) is 25.2. The third-order valence-corrected chi connectivity index (χ3v) is 5.09. The van der Waals surface area contributed by atoms with Crippen LogP contribution in [-0.2, 0) is 0 Å². The molecule has 0 spiro atoms. The Labute approximate surface area is 167 Å². The first-order valence-electron chi connectivity index (χ1n) is 9.55. The van der Waals surface area contributed by atoms with Crippen LogP contribution in [0.25, 0.3) is 5.69 Å². The van der Waals surface area contributed by atoms with Gasteiger partial charge >= 0.3 is 5.63 Å². The van der Waals surface area contributed by atoms with Gasteiger partial charge < -0.3 is 15.1 Å². The molecule has 0 saturated carbocycles. The number of anilines is 1. The van der Waals surface area contributed by atoms with Crippen molar-refractivity contribution in [2.24, 2.45) is 0 Å². The average molecular weight is 394 g/mol. The fraction of sp³-hybridized carbons (Fsp3) is 0.350. The van der Waals surface area contributed by atoms with Crippen LogP contribution in [0.4, 0.5) is 5.69 Å². The van der Waals surface area contributed by atoms with Gasteiger partial charge in [0, 0.05) is 18.2 Å². The summed E-state index contributed by atoms with van der Waals surface area (Å²) in [5.41, 5.74) is 1.36. The molecular formula is C20H22N6O3. The highest BCUT2D eigenvalue weighted by atomic mass is 16.4. The molecule has 2 aromatic heterocycles. The van der Waals surface area contributed by atoms with Crippen LogP contribution in [0.1, 0.15) is 46.3 Å². The normalized spacial score (nSPS) is 16.6. The molecule has 1 atom stereocenters. The highest BCUT2D eigenvalue weighted by Crippen LogP contribution is 2.24. The zero-order chi connectivity index (χ0) is 20.4. The van der Waals surface area contributed by atoms with Crippen LogP contribution >= 0.6 is 0 Å². The molecule has 1 aliphatic heterocycles. The molecule has 1 saturated heterocycles. The van der Waals surface area contributed by atoms with Crippen LogP contribution in [0.5, 0.6) is 0 Å². The van der Waals surface area contributed by atoms with Gasteiger partial charge in [0.2, 0.25) is 0 Å². The quantitative estimate of drug-likeness (QED) is 0.695. The van der Waals surface area contributed by atoms with Crippen molar-refractivity contribution in [1.82, 2.24) is 25.5 Å². The van der Waals surface area contributed by atoms with E-state index in [2.05, 4.69) is 26.2 Å². The maximum atomic E-state index is 12.7. The Morgan fingerprint density at radius 2 is 2.07 bits per heavy atom. The van der Waals surface area contributed by atoms with Crippen LogP contribution in [-0.4, -0.2) is 39.2 Å². The lowest BCUT2D eigenvalue weighted by Gasteiger charge is -2.22. The van der Waals surface area contributed by atoms with Crippen LogP contribution in [0.15, 0.2) is 39.5 Å². The van der Waals surface area contributed by atoms with Gasteiger partial charge in [-0.2, -0.15) is 4.68 Å². The number of aryl methyl sites for hydroxylation is 2. The number of tetrazole rings is 1. The summed E-state index contributed by atoms with van der Waals surface area (Å²) in [6.07, 6.45) is 2.00. The van der Waals surface area contributed by atoms with E-state index in [4.69, 9.17) is 4.42 Å². The van der Waals surface area contributed by atoms with E-state index in [0.29, 0.717) is 22.8 Å². The van der Waals surface area contributed by atoms with Crippen molar-refractivity contribution in [3.8, 4) is 5.69 Å². The highest BCUT2D eigenvalue weighted by molar-refractivity contribution is 6.04. The van der Waals surface area contributed by atoms with Crippen LogP contribution < -0.4 is 16.3 Å². The van der Waals surface area contributed by atoms with Crippen LogP contribution in [0.3, 0.4) is 0 Å². The molecule has 150 valence electrons. The molecule has 1 aliphatic rings. The van der Waals surface area contributed by atoms with Crippen molar-refractivity contribution in [2.45, 2.75) is 32.6 Å². The Kier molecular flexibility index (Phi) is 5.22. The number of benzene rings is 1. The first-order valence-corrected chi connectivity index (χ1v) is 9.55. The largest absolute Gasteiger partial charge is 0.427 e. The van der Waals surface area contributed by atoms with Gasteiger partial charge in [0.05, 0.1) is 5.69 Å². The zero-order valence-corrected chi connectivity index (χ0v) is 16.3. The number of hydrogen-bond acceptors (Lipinski definition) is 7. The molecule has 1 amide bonds. The second-order valence-electron chi connectivity index (χ2n) is 7.18. The van der Waals surface area contributed by atoms with E-state index in [1.165, 1.54) is 0 Å². The van der Waals surface area contributed by atoms with Crippen LogP contribution in [0, 0.1) is 13.8 Å². The van der Waals surface area contributed by atoms with Gasteiger partial charge in [-0.25, -0.2) is 4.79 Å². The van der Waals surface area contributed by atoms with Crippen molar-refractivity contribution in [1.29, 1.82) is 0 Å². The smallest absolute Gasteiger partial charge is 0.349 e. The summed E-state index contributed by atoms with van der Waals surface area (Å²) in [6, 6.07) is 8.83. The molecule has 0 radical (unpaired) electrons. The minimum atomic E-state index is -0.607. The van der Waals surface area contributed by atoms with E-state index >= 15 is 0 Å². The van der Waals surface area contributed by atoms with E-state index in [1.807, 2.05) is 0 Å². The first-order chi connectivity index (χ1) is 14.0. The highest BCUT2D eigenvalue weighted by Gasteiger charge is 2.22. The number of carbonyl (C=O) groups is 1. The Bertz CT molecular complexity index is 1080. The molecule has 1 aromatic carbocycles. The predicted molar refractivity (Wildman–Crippen MR) is 106 cm³/mol. The van der Waals surface area contributed by atoms with E-state index < -0.39 is 11.5 Å². The van der Waals surface area contributed by atoms with Crippen molar-refractivity contribution >= 4 is 11.6 Å². The molecule has 1 unspecified atom stereocenters. The number of hydrogen-bond donors (Lipinski definition) is 2. The molecule has 4 rings (SSSR count). The molecule has 2 N–H and O–H groups in total. The van der Waals surface area contributed by atoms with Crippen molar-refractivity contribution in [3.63, 3.8) is 0 Å². The van der Waals surface area contributed by atoms with Gasteiger partial charge in [-0.15, -0.1) is 5.10 Å². The van der Waals surface area contributed by atoms with Gasteiger partial charge in [0.15, 0.2) is 5.82 Å². The van der Waals surface area contributed by atoms with E-state index in [9.17, 15) is 9.59 Å². The second kappa shape index (κ2) is 7.96.